The Balaban J connectivity index is 2.44. The fourth-order valence-corrected chi connectivity index (χ4v) is 2.33. The molecule has 1 atom stereocenters. The third kappa shape index (κ3) is 3.43. The quantitative estimate of drug-likeness (QED) is 0.708. The Morgan fingerprint density at radius 1 is 1.24 bits per heavy atom. The summed E-state index contributed by atoms with van der Waals surface area (Å²) in [5, 5.41) is 23.1. The van der Waals surface area contributed by atoms with Crippen LogP contribution < -0.4 is 10.9 Å². The number of aromatic hydroxyl groups is 1. The van der Waals surface area contributed by atoms with Crippen molar-refractivity contribution in [3.63, 3.8) is 0 Å². The zero-order chi connectivity index (χ0) is 15.4. The molecule has 1 heterocycles. The number of phenols is 1. The van der Waals surface area contributed by atoms with Crippen LogP contribution in [0, 0.1) is 0 Å². The maximum atomic E-state index is 11.6. The van der Waals surface area contributed by atoms with Crippen LogP contribution in [0.3, 0.4) is 0 Å². The summed E-state index contributed by atoms with van der Waals surface area (Å²) in [5.41, 5.74) is 1.56. The molecular weight excluding hydrogens is 270 g/mol. The van der Waals surface area contributed by atoms with E-state index in [9.17, 15) is 15.0 Å². The van der Waals surface area contributed by atoms with E-state index in [0.29, 0.717) is 18.5 Å². The van der Waals surface area contributed by atoms with Crippen LogP contribution in [0.1, 0.15) is 31.4 Å². The molecule has 0 aliphatic rings. The van der Waals surface area contributed by atoms with Crippen molar-refractivity contribution < 1.29 is 14.6 Å². The van der Waals surface area contributed by atoms with E-state index in [0.717, 1.165) is 22.9 Å². The largest absolute Gasteiger partial charge is 0.508 e. The minimum Gasteiger partial charge on any atom is -0.508 e. The predicted molar refractivity (Wildman–Crippen MR) is 81.5 cm³/mol. The minimum atomic E-state index is -0.444. The van der Waals surface area contributed by atoms with E-state index < -0.39 is 5.63 Å². The van der Waals surface area contributed by atoms with E-state index >= 15 is 0 Å². The van der Waals surface area contributed by atoms with Gasteiger partial charge in [0.15, 0.2) is 0 Å². The van der Waals surface area contributed by atoms with Gasteiger partial charge in [0.2, 0.25) is 0 Å². The highest BCUT2D eigenvalue weighted by Crippen LogP contribution is 2.26. The Morgan fingerprint density at radius 2 is 2.00 bits per heavy atom. The second-order valence-corrected chi connectivity index (χ2v) is 5.09. The second-order valence-electron chi connectivity index (χ2n) is 5.09. The van der Waals surface area contributed by atoms with Crippen molar-refractivity contribution in [1.82, 2.24) is 5.32 Å². The number of phenolic OH excluding ortho intramolecular Hbond substituents is 1. The van der Waals surface area contributed by atoms with Crippen LogP contribution in [-0.2, 0) is 13.0 Å². The van der Waals surface area contributed by atoms with E-state index in [1.807, 2.05) is 19.9 Å². The lowest BCUT2D eigenvalue weighted by Crippen LogP contribution is -2.31. The van der Waals surface area contributed by atoms with Crippen molar-refractivity contribution in [2.75, 3.05) is 6.61 Å². The SMILES string of the molecule is CCc1cc2c(CN[C@@H](CC)CO)cc(=O)oc2cc1O. The van der Waals surface area contributed by atoms with Gasteiger partial charge >= 0.3 is 5.63 Å². The zero-order valence-electron chi connectivity index (χ0n) is 12.3. The van der Waals surface area contributed by atoms with Crippen LogP contribution in [0.2, 0.25) is 0 Å². The average Bonchev–Trinajstić information content (AvgIpc) is 2.47. The summed E-state index contributed by atoms with van der Waals surface area (Å²) >= 11 is 0. The molecule has 2 aromatic rings. The van der Waals surface area contributed by atoms with Gasteiger partial charge in [0.1, 0.15) is 11.3 Å². The Morgan fingerprint density at radius 3 is 2.62 bits per heavy atom. The molecule has 0 spiro atoms. The molecule has 0 saturated carbocycles. The topological polar surface area (TPSA) is 82.7 Å². The normalized spacial score (nSPS) is 12.7. The van der Waals surface area contributed by atoms with Crippen molar-refractivity contribution in [2.45, 2.75) is 39.3 Å². The molecule has 0 unspecified atom stereocenters. The van der Waals surface area contributed by atoms with Gasteiger partial charge in [0.05, 0.1) is 6.61 Å². The first-order valence-corrected chi connectivity index (χ1v) is 7.21. The van der Waals surface area contributed by atoms with Crippen molar-refractivity contribution in [3.8, 4) is 5.75 Å². The van der Waals surface area contributed by atoms with Gasteiger partial charge in [-0.05, 0) is 30.0 Å². The monoisotopic (exact) mass is 291 g/mol. The minimum absolute atomic E-state index is 0.00458. The molecule has 5 heteroatoms. The summed E-state index contributed by atoms with van der Waals surface area (Å²) in [6.07, 6.45) is 1.50. The van der Waals surface area contributed by atoms with Crippen LogP contribution >= 0.6 is 0 Å². The Bertz CT molecular complexity index is 674. The van der Waals surface area contributed by atoms with Crippen LogP contribution in [0.4, 0.5) is 0 Å². The van der Waals surface area contributed by atoms with Crippen molar-refractivity contribution in [1.29, 1.82) is 0 Å². The number of benzene rings is 1. The fourth-order valence-electron chi connectivity index (χ4n) is 2.33. The van der Waals surface area contributed by atoms with Gasteiger partial charge in [-0.2, -0.15) is 0 Å². The molecule has 1 aromatic carbocycles. The van der Waals surface area contributed by atoms with Gasteiger partial charge in [-0.1, -0.05) is 13.8 Å². The Labute approximate surface area is 123 Å². The van der Waals surface area contributed by atoms with Crippen LogP contribution in [0.15, 0.2) is 27.4 Å². The van der Waals surface area contributed by atoms with Gasteiger partial charge in [0, 0.05) is 30.1 Å². The number of aliphatic hydroxyl groups is 1. The maximum Gasteiger partial charge on any atom is 0.336 e. The van der Waals surface area contributed by atoms with E-state index in [1.165, 1.54) is 12.1 Å². The summed E-state index contributed by atoms with van der Waals surface area (Å²) in [6, 6.07) is 4.79. The van der Waals surface area contributed by atoms with Crippen LogP contribution in [0.5, 0.6) is 5.75 Å². The molecule has 5 nitrogen and oxygen atoms in total. The number of fused-ring (bicyclic) bond motifs is 1. The molecule has 0 fully saturated rings. The summed E-state index contributed by atoms with van der Waals surface area (Å²) in [4.78, 5) is 11.6. The van der Waals surface area contributed by atoms with Gasteiger partial charge in [-0.25, -0.2) is 4.79 Å². The number of nitrogens with one attached hydrogen (secondary N) is 1. The average molecular weight is 291 g/mol. The van der Waals surface area contributed by atoms with Gasteiger partial charge < -0.3 is 19.9 Å². The van der Waals surface area contributed by atoms with E-state index in [-0.39, 0.29) is 18.4 Å². The van der Waals surface area contributed by atoms with Gasteiger partial charge in [-0.3, -0.25) is 0 Å². The zero-order valence-corrected chi connectivity index (χ0v) is 12.3. The van der Waals surface area contributed by atoms with Crippen LogP contribution in [0.25, 0.3) is 11.0 Å². The van der Waals surface area contributed by atoms with Crippen molar-refractivity contribution >= 4 is 11.0 Å². The molecule has 0 aliphatic carbocycles. The van der Waals surface area contributed by atoms with Crippen LogP contribution in [-0.4, -0.2) is 22.9 Å². The van der Waals surface area contributed by atoms with E-state index in [2.05, 4.69) is 5.32 Å². The summed E-state index contributed by atoms with van der Waals surface area (Å²) in [6.45, 7) is 4.46. The first kappa shape index (κ1) is 15.5. The summed E-state index contributed by atoms with van der Waals surface area (Å²) in [7, 11) is 0. The molecule has 114 valence electrons. The first-order chi connectivity index (χ1) is 10.1. The Hall–Kier alpha value is -1.85. The first-order valence-electron chi connectivity index (χ1n) is 7.21. The molecule has 3 N–H and O–H groups in total. The standard InChI is InChI=1S/C16H21NO4/c1-3-10-5-13-11(8-17-12(4-2)9-18)6-16(20)21-15(13)7-14(10)19/h5-7,12,17-19H,3-4,8-9H2,1-2H3/t12-/m0/s1. The number of aryl methyl sites for hydroxylation is 1. The molecule has 1 aromatic heterocycles. The molecular formula is C16H21NO4. The van der Waals surface area contributed by atoms with Crippen molar-refractivity contribution in [2.24, 2.45) is 0 Å². The lowest BCUT2D eigenvalue weighted by molar-refractivity contribution is 0.238. The molecule has 21 heavy (non-hydrogen) atoms. The predicted octanol–water partition coefficient (Wildman–Crippen LogP) is 1.92. The van der Waals surface area contributed by atoms with Gasteiger partial charge in [-0.15, -0.1) is 0 Å². The number of hydrogen-bond acceptors (Lipinski definition) is 5. The second kappa shape index (κ2) is 6.74. The highest BCUT2D eigenvalue weighted by Gasteiger charge is 2.11. The lowest BCUT2D eigenvalue weighted by atomic mass is 10.0. The molecule has 2 rings (SSSR count). The highest BCUT2D eigenvalue weighted by atomic mass is 16.4. The lowest BCUT2D eigenvalue weighted by Gasteiger charge is -2.15. The number of hydrogen-bond donors (Lipinski definition) is 3. The van der Waals surface area contributed by atoms with Gasteiger partial charge in [0.25, 0.3) is 0 Å². The van der Waals surface area contributed by atoms with Crippen molar-refractivity contribution in [3.05, 3.63) is 39.7 Å². The number of aliphatic hydroxyl groups excluding tert-OH is 1. The molecule has 0 bridgehead atoms. The third-order valence-corrected chi connectivity index (χ3v) is 3.70. The highest BCUT2D eigenvalue weighted by molar-refractivity contribution is 5.82. The third-order valence-electron chi connectivity index (χ3n) is 3.70. The fraction of sp³-hybridized carbons (Fsp3) is 0.438. The summed E-state index contributed by atoms with van der Waals surface area (Å²) in [5.74, 6) is 0.139. The molecule has 0 amide bonds. The van der Waals surface area contributed by atoms with E-state index in [4.69, 9.17) is 4.42 Å². The molecule has 0 saturated heterocycles. The summed E-state index contributed by atoms with van der Waals surface area (Å²) < 4.78 is 5.15. The number of rotatable bonds is 6. The smallest absolute Gasteiger partial charge is 0.336 e. The molecule has 0 radical (unpaired) electrons. The molecule has 0 aliphatic heterocycles. The Kier molecular flexibility index (Phi) is 4.98. The van der Waals surface area contributed by atoms with E-state index in [1.54, 1.807) is 0 Å². The maximum absolute atomic E-state index is 11.6.